The summed E-state index contributed by atoms with van der Waals surface area (Å²) >= 11 is 12.1. The molecule has 1 N–H and O–H groups in total. The van der Waals surface area contributed by atoms with Crippen LogP contribution in [0.1, 0.15) is 27.9 Å². The van der Waals surface area contributed by atoms with Crippen molar-refractivity contribution in [3.8, 4) is 0 Å². The molecule has 2 rings (SSSR count). The largest absolute Gasteiger partial charge is 0.465 e. The minimum atomic E-state index is -0.448. The molecule has 6 heteroatoms. The van der Waals surface area contributed by atoms with Crippen molar-refractivity contribution in [2.24, 2.45) is 0 Å². The van der Waals surface area contributed by atoms with E-state index in [4.69, 9.17) is 23.2 Å². The van der Waals surface area contributed by atoms with Crippen LogP contribution in [-0.2, 0) is 16.0 Å². The molecule has 0 aromatic heterocycles. The lowest BCUT2D eigenvalue weighted by Crippen LogP contribution is -2.14. The second kappa shape index (κ2) is 8.18. The highest BCUT2D eigenvalue weighted by Gasteiger charge is 2.11. The van der Waals surface area contributed by atoms with Gasteiger partial charge in [-0.1, -0.05) is 41.4 Å². The molecule has 0 atom stereocenters. The third-order valence-corrected chi connectivity index (χ3v) is 4.44. The summed E-state index contributed by atoms with van der Waals surface area (Å²) in [5.74, 6) is -0.618. The first kappa shape index (κ1) is 18.3. The number of carbonyl (C=O) groups is 2. The molecule has 0 bridgehead atoms. The Morgan fingerprint density at radius 3 is 2.62 bits per heavy atom. The molecule has 126 valence electrons. The molecule has 4 nitrogen and oxygen atoms in total. The number of amides is 1. The van der Waals surface area contributed by atoms with E-state index in [1.165, 1.54) is 7.11 Å². The number of aryl methyl sites for hydroxylation is 2. The van der Waals surface area contributed by atoms with Crippen LogP contribution in [0.2, 0.25) is 10.0 Å². The molecule has 0 aliphatic carbocycles. The average molecular weight is 366 g/mol. The standard InChI is InChI=1S/C18H17Cl2NO3/c1-11-6-7-13(18(23)24-2)10-15(11)21-16(22)9-8-12-4-3-5-14(19)17(12)20/h3-7,10H,8-9H2,1-2H3,(H,21,22). The van der Waals surface area contributed by atoms with Gasteiger partial charge in [0.1, 0.15) is 0 Å². The van der Waals surface area contributed by atoms with E-state index >= 15 is 0 Å². The van der Waals surface area contributed by atoms with Gasteiger partial charge in [-0.2, -0.15) is 0 Å². The third-order valence-electron chi connectivity index (χ3n) is 3.59. The van der Waals surface area contributed by atoms with Crippen LogP contribution >= 0.6 is 23.2 Å². The Morgan fingerprint density at radius 2 is 1.92 bits per heavy atom. The topological polar surface area (TPSA) is 55.4 Å². The van der Waals surface area contributed by atoms with E-state index in [-0.39, 0.29) is 12.3 Å². The van der Waals surface area contributed by atoms with Crippen molar-refractivity contribution < 1.29 is 14.3 Å². The number of esters is 1. The maximum Gasteiger partial charge on any atom is 0.337 e. The number of methoxy groups -OCH3 is 1. The zero-order valence-electron chi connectivity index (χ0n) is 13.4. The van der Waals surface area contributed by atoms with Crippen molar-refractivity contribution in [2.45, 2.75) is 19.8 Å². The molecule has 0 saturated carbocycles. The quantitative estimate of drug-likeness (QED) is 0.783. The first-order valence-corrected chi connectivity index (χ1v) is 8.09. The van der Waals surface area contributed by atoms with Gasteiger partial charge in [-0.25, -0.2) is 4.79 Å². The minimum absolute atomic E-state index is 0.170. The van der Waals surface area contributed by atoms with Gasteiger partial charge >= 0.3 is 5.97 Å². The minimum Gasteiger partial charge on any atom is -0.465 e. The number of rotatable bonds is 5. The van der Waals surface area contributed by atoms with Gasteiger partial charge in [-0.05, 0) is 42.7 Å². The highest BCUT2D eigenvalue weighted by atomic mass is 35.5. The molecule has 0 fully saturated rings. The van der Waals surface area contributed by atoms with Crippen LogP contribution in [0, 0.1) is 6.92 Å². The fourth-order valence-electron chi connectivity index (χ4n) is 2.20. The van der Waals surface area contributed by atoms with E-state index < -0.39 is 5.97 Å². The molecule has 2 aromatic rings. The Morgan fingerprint density at radius 1 is 1.17 bits per heavy atom. The maximum atomic E-state index is 12.2. The van der Waals surface area contributed by atoms with Gasteiger partial charge in [0.05, 0.1) is 22.7 Å². The van der Waals surface area contributed by atoms with E-state index in [0.717, 1.165) is 11.1 Å². The highest BCUT2D eigenvalue weighted by Crippen LogP contribution is 2.26. The summed E-state index contributed by atoms with van der Waals surface area (Å²) in [6.45, 7) is 1.85. The molecular formula is C18H17Cl2NO3. The Labute approximate surface area is 150 Å². The predicted octanol–water partition coefficient (Wildman–Crippen LogP) is 4.66. The van der Waals surface area contributed by atoms with Crippen LogP contribution in [0.4, 0.5) is 5.69 Å². The summed E-state index contributed by atoms with van der Waals surface area (Å²) in [6, 6.07) is 10.4. The Bertz CT molecular complexity index is 775. The molecule has 0 aliphatic rings. The molecule has 24 heavy (non-hydrogen) atoms. The lowest BCUT2D eigenvalue weighted by atomic mass is 10.1. The summed E-state index contributed by atoms with van der Waals surface area (Å²) in [7, 11) is 1.31. The van der Waals surface area contributed by atoms with Gasteiger partial charge in [0, 0.05) is 12.1 Å². The molecule has 0 heterocycles. The number of anilines is 1. The molecule has 0 saturated heterocycles. The Balaban J connectivity index is 2.04. The summed E-state index contributed by atoms with van der Waals surface area (Å²) in [4.78, 5) is 23.8. The number of hydrogen-bond acceptors (Lipinski definition) is 3. The normalized spacial score (nSPS) is 10.3. The molecule has 1 amide bonds. The van der Waals surface area contributed by atoms with Gasteiger partial charge < -0.3 is 10.1 Å². The first-order chi connectivity index (χ1) is 11.4. The van der Waals surface area contributed by atoms with Crippen LogP contribution in [0.5, 0.6) is 0 Å². The van der Waals surface area contributed by atoms with E-state index in [1.54, 1.807) is 30.3 Å². The van der Waals surface area contributed by atoms with Crippen molar-refractivity contribution in [2.75, 3.05) is 12.4 Å². The lowest BCUT2D eigenvalue weighted by Gasteiger charge is -2.10. The monoisotopic (exact) mass is 365 g/mol. The molecule has 0 spiro atoms. The number of benzene rings is 2. The summed E-state index contributed by atoms with van der Waals surface area (Å²) in [6.07, 6.45) is 0.725. The molecule has 0 unspecified atom stereocenters. The van der Waals surface area contributed by atoms with Crippen molar-refractivity contribution >= 4 is 40.8 Å². The lowest BCUT2D eigenvalue weighted by molar-refractivity contribution is -0.116. The highest BCUT2D eigenvalue weighted by molar-refractivity contribution is 6.42. The van der Waals surface area contributed by atoms with Gasteiger partial charge in [0.25, 0.3) is 0 Å². The molecule has 2 aromatic carbocycles. The number of nitrogens with one attached hydrogen (secondary N) is 1. The van der Waals surface area contributed by atoms with Crippen LogP contribution in [0.15, 0.2) is 36.4 Å². The number of carbonyl (C=O) groups excluding carboxylic acids is 2. The average Bonchev–Trinajstić information content (AvgIpc) is 2.57. The molecule has 0 aliphatic heterocycles. The van der Waals surface area contributed by atoms with Crippen molar-refractivity contribution in [1.29, 1.82) is 0 Å². The van der Waals surface area contributed by atoms with Gasteiger partial charge in [0.15, 0.2) is 0 Å². The van der Waals surface area contributed by atoms with Crippen molar-refractivity contribution in [3.63, 3.8) is 0 Å². The molecule has 0 radical (unpaired) electrons. The van der Waals surface area contributed by atoms with Gasteiger partial charge in [0.2, 0.25) is 5.91 Å². The van der Waals surface area contributed by atoms with E-state index in [2.05, 4.69) is 10.1 Å². The number of hydrogen-bond donors (Lipinski definition) is 1. The van der Waals surface area contributed by atoms with E-state index in [0.29, 0.717) is 27.7 Å². The van der Waals surface area contributed by atoms with E-state index in [9.17, 15) is 9.59 Å². The Kier molecular flexibility index (Phi) is 6.23. The third kappa shape index (κ3) is 4.49. The maximum absolute atomic E-state index is 12.2. The summed E-state index contributed by atoms with van der Waals surface area (Å²) in [5.41, 5.74) is 2.65. The van der Waals surface area contributed by atoms with Crippen LogP contribution < -0.4 is 5.32 Å². The van der Waals surface area contributed by atoms with Crippen molar-refractivity contribution in [1.82, 2.24) is 0 Å². The van der Waals surface area contributed by atoms with E-state index in [1.807, 2.05) is 13.0 Å². The second-order valence-corrected chi connectivity index (χ2v) is 6.07. The van der Waals surface area contributed by atoms with Gasteiger partial charge in [-0.3, -0.25) is 4.79 Å². The summed E-state index contributed by atoms with van der Waals surface area (Å²) in [5, 5.41) is 3.75. The predicted molar refractivity (Wildman–Crippen MR) is 95.9 cm³/mol. The SMILES string of the molecule is COC(=O)c1ccc(C)c(NC(=O)CCc2cccc(Cl)c2Cl)c1. The fraction of sp³-hybridized carbons (Fsp3) is 0.222. The van der Waals surface area contributed by atoms with Crippen molar-refractivity contribution in [3.05, 3.63) is 63.1 Å². The number of halogens is 2. The molecular weight excluding hydrogens is 349 g/mol. The smallest absolute Gasteiger partial charge is 0.337 e. The zero-order valence-corrected chi connectivity index (χ0v) is 14.9. The fourth-order valence-corrected chi connectivity index (χ4v) is 2.62. The first-order valence-electron chi connectivity index (χ1n) is 7.34. The second-order valence-electron chi connectivity index (χ2n) is 5.28. The van der Waals surface area contributed by atoms with Crippen LogP contribution in [0.3, 0.4) is 0 Å². The number of ether oxygens (including phenoxy) is 1. The van der Waals surface area contributed by atoms with Crippen LogP contribution in [-0.4, -0.2) is 19.0 Å². The Hall–Kier alpha value is -2.04. The summed E-state index contributed by atoms with van der Waals surface area (Å²) < 4.78 is 4.69. The zero-order chi connectivity index (χ0) is 17.7. The van der Waals surface area contributed by atoms with Gasteiger partial charge in [-0.15, -0.1) is 0 Å². The van der Waals surface area contributed by atoms with Crippen LogP contribution in [0.25, 0.3) is 0 Å².